The zero-order valence-corrected chi connectivity index (χ0v) is 58.7. The topological polar surface area (TPSA) is 411 Å². The summed E-state index contributed by atoms with van der Waals surface area (Å²) in [6, 6.07) is 15.0. The minimum absolute atomic E-state index is 0.000512. The number of ether oxygens (including phenoxy) is 8. The highest BCUT2D eigenvalue weighted by atomic mass is 35.5. The Bertz CT molecular complexity index is 3960. The number of anilines is 3. The fourth-order valence-corrected chi connectivity index (χ4v) is 11.5. The number of nitrogens with one attached hydrogen (secondary N) is 5. The van der Waals surface area contributed by atoms with Gasteiger partial charge in [-0.3, -0.25) is 33.7 Å². The molecular formula is C69H87ClN14O19. The number of benzene rings is 3. The monoisotopic (exact) mass is 1450 g/mol. The molecule has 6 aromatic rings. The number of H-pyrrole nitrogens is 1. The number of likely N-dealkylation sites (N-methyl/N-ethyl adjacent to an activating group) is 1. The number of aryl methyl sites for hydroxylation is 1. The number of imide groups is 1. The summed E-state index contributed by atoms with van der Waals surface area (Å²) in [5.74, 6) is -4.27. The Balaban J connectivity index is 0.862. The lowest BCUT2D eigenvalue weighted by Crippen LogP contribution is -2.46. The van der Waals surface area contributed by atoms with Gasteiger partial charge in [0.1, 0.15) is 30.5 Å². The van der Waals surface area contributed by atoms with Crippen LogP contribution in [0.15, 0.2) is 85.2 Å². The molecule has 103 heavy (non-hydrogen) atoms. The fraction of sp³-hybridized carbons (Fsp3) is 0.464. The average Bonchev–Trinajstić information content (AvgIpc) is 1.62. The first-order valence-electron chi connectivity index (χ1n) is 33.5. The van der Waals surface area contributed by atoms with Gasteiger partial charge in [-0.2, -0.15) is 0 Å². The Labute approximate surface area is 598 Å². The Morgan fingerprint density at radius 3 is 2.24 bits per heavy atom. The number of Topliss-reactive ketones (excluding diaryl/α,β-unsaturated/α-hetero) is 1. The van der Waals surface area contributed by atoms with Gasteiger partial charge in [-0.15, -0.1) is 16.7 Å². The number of ketones is 1. The van der Waals surface area contributed by atoms with E-state index < -0.39 is 77.5 Å². The van der Waals surface area contributed by atoms with Crippen molar-refractivity contribution in [1.82, 2.24) is 50.3 Å². The number of halogens is 1. The number of carbonyl (C=O) groups is 10. The number of hydrogen-bond acceptors (Lipinski definition) is 22. The number of pyridine rings is 1. The van der Waals surface area contributed by atoms with Crippen LogP contribution in [-0.4, -0.2) is 242 Å². The van der Waals surface area contributed by atoms with Gasteiger partial charge in [-0.1, -0.05) is 49.4 Å². The minimum atomic E-state index is -1.08. The van der Waals surface area contributed by atoms with Gasteiger partial charge < -0.3 is 89.7 Å². The number of alkyl carbamates (subject to hydrolysis) is 1. The SMILES string of the molecule is COCCOCCOCCOCCn1cc(C(=O)Nc2cc3cc(C(=O)N4C[C@@H](CCl)c5c4cc(OC(=O)N(CCOCCO)CCN(C)C(=O)OCc4ccc(NC(=O)[C@H](CCCNC(N)=O)CC(=O)[C@@H](NC(=O)OCCN6C(=O)C=CC6=O)C(C)C)cc4)c4cccc(C)c54)[nH]c3cn2)nn1. The van der Waals surface area contributed by atoms with Crippen LogP contribution >= 0.6 is 11.6 Å². The molecule has 2 aliphatic rings. The normalized spacial score (nSPS) is 13.8. The van der Waals surface area contributed by atoms with Crippen molar-refractivity contribution in [2.24, 2.45) is 17.6 Å². The highest BCUT2D eigenvalue weighted by Crippen LogP contribution is 2.47. The lowest BCUT2D eigenvalue weighted by molar-refractivity contribution is -0.137. The number of alkyl halides is 1. The van der Waals surface area contributed by atoms with Crippen LogP contribution in [0.3, 0.4) is 0 Å². The van der Waals surface area contributed by atoms with Gasteiger partial charge in [-0.25, -0.2) is 28.8 Å². The van der Waals surface area contributed by atoms with E-state index in [1.165, 1.54) is 33.9 Å². The molecule has 0 aliphatic carbocycles. The van der Waals surface area contributed by atoms with Gasteiger partial charge in [0.15, 0.2) is 11.5 Å². The van der Waals surface area contributed by atoms with Crippen LogP contribution in [-0.2, 0) is 65.5 Å². The van der Waals surface area contributed by atoms with Crippen LogP contribution in [0, 0.1) is 18.8 Å². The first kappa shape index (κ1) is 78.6. The molecule has 3 atom stereocenters. The molecule has 8 N–H and O–H groups in total. The number of nitrogens with two attached hydrogens (primary N) is 1. The Kier molecular flexibility index (Phi) is 30.0. The maximum atomic E-state index is 14.8. The molecule has 10 amide bonds. The second-order valence-corrected chi connectivity index (χ2v) is 24.7. The van der Waals surface area contributed by atoms with Crippen LogP contribution in [0.2, 0.25) is 0 Å². The standard InChI is InChI=1S/C69H87ClN14O19/c1-43(2)62(77-67(93)101-26-22-83-58(87)15-16-59(83)88)55(86)35-46(9-7-17-72-66(71)92)63(89)74-49-13-11-45(12-14-49)42-102-68(94)80(4)18-19-81(20-24-97-27-23-85)69(95)103-56-37-54-61(60-44(3)8-6-10-50(56)60)48(38-70)40-84(54)65(91)51-34-47-36-57(73-39-52(47)75-51)76-64(90)53-41-82(79-78-53)21-25-98-30-31-100-33-32-99-29-28-96-5/h6,8,10-16,34,36-37,39,41,43,46,48,62,75,85H,7,9,17-33,35,38,40,42H2,1-5H3,(H,74,89)(H,77,93)(H3,71,72,92)(H,73,76,90)/t46-,48-,62+/m1/s1. The predicted molar refractivity (Wildman–Crippen MR) is 375 cm³/mol. The van der Waals surface area contributed by atoms with E-state index in [1.807, 2.05) is 25.1 Å². The molecular weight excluding hydrogens is 1360 g/mol. The number of aliphatic hydroxyl groups is 1. The quantitative estimate of drug-likeness (QED) is 0.0146. The number of amides is 10. The maximum absolute atomic E-state index is 14.8. The number of urea groups is 1. The van der Waals surface area contributed by atoms with Crippen molar-refractivity contribution in [1.29, 1.82) is 0 Å². The molecule has 2 aliphatic heterocycles. The van der Waals surface area contributed by atoms with Crippen LogP contribution in [0.5, 0.6) is 5.75 Å². The molecule has 0 bridgehead atoms. The summed E-state index contributed by atoms with van der Waals surface area (Å²) in [5, 5.41) is 29.9. The first-order chi connectivity index (χ1) is 49.7. The molecule has 554 valence electrons. The zero-order valence-electron chi connectivity index (χ0n) is 58.0. The van der Waals surface area contributed by atoms with Gasteiger partial charge in [0.2, 0.25) is 5.91 Å². The molecule has 0 saturated heterocycles. The Morgan fingerprint density at radius 1 is 0.825 bits per heavy atom. The number of methoxy groups -OCH3 is 1. The third-order valence-electron chi connectivity index (χ3n) is 16.7. The van der Waals surface area contributed by atoms with E-state index >= 15 is 0 Å². The van der Waals surface area contributed by atoms with Crippen molar-refractivity contribution < 1.29 is 90.9 Å². The van der Waals surface area contributed by atoms with Crippen LogP contribution in [0.1, 0.15) is 76.7 Å². The predicted octanol–water partition coefficient (Wildman–Crippen LogP) is 5.26. The average molecular weight is 1450 g/mol. The Morgan fingerprint density at radius 2 is 1.54 bits per heavy atom. The molecule has 33 nitrogen and oxygen atoms in total. The van der Waals surface area contributed by atoms with E-state index in [-0.39, 0.29) is 126 Å². The van der Waals surface area contributed by atoms with Crippen LogP contribution < -0.4 is 36.6 Å². The number of fused-ring (bicyclic) bond motifs is 4. The van der Waals surface area contributed by atoms with Gasteiger partial charge in [0, 0.05) is 106 Å². The second kappa shape index (κ2) is 39.3. The van der Waals surface area contributed by atoms with E-state index in [9.17, 15) is 53.1 Å². The summed E-state index contributed by atoms with van der Waals surface area (Å²) >= 11 is 6.69. The maximum Gasteiger partial charge on any atom is 0.415 e. The largest absolute Gasteiger partial charge is 0.448 e. The molecule has 0 fully saturated rings. The number of aliphatic hydroxyl groups excluding tert-OH is 1. The number of hydrogen-bond donors (Lipinski definition) is 7. The van der Waals surface area contributed by atoms with Gasteiger partial charge in [0.05, 0.1) is 109 Å². The van der Waals surface area contributed by atoms with Crippen molar-refractivity contribution in [2.75, 3.05) is 148 Å². The number of nitrogens with zero attached hydrogens (tertiary/aromatic N) is 8. The van der Waals surface area contributed by atoms with Gasteiger partial charge in [-0.05, 0) is 72.0 Å². The fourth-order valence-electron chi connectivity index (χ4n) is 11.2. The summed E-state index contributed by atoms with van der Waals surface area (Å²) in [5.41, 5.74) is 8.98. The molecule has 0 radical (unpaired) electrons. The van der Waals surface area contributed by atoms with Crippen molar-refractivity contribution in [3.05, 3.63) is 113 Å². The molecule has 3 aromatic carbocycles. The summed E-state index contributed by atoms with van der Waals surface area (Å²) < 4.78 is 45.5. The number of aromatic amines is 1. The molecule has 0 saturated carbocycles. The van der Waals surface area contributed by atoms with Gasteiger partial charge >= 0.3 is 24.3 Å². The van der Waals surface area contributed by atoms with E-state index in [4.69, 9.17) is 55.2 Å². The second-order valence-electron chi connectivity index (χ2n) is 24.4. The Hall–Kier alpha value is -10.2. The highest BCUT2D eigenvalue weighted by Gasteiger charge is 2.37. The van der Waals surface area contributed by atoms with Crippen molar-refractivity contribution in [3.8, 4) is 5.75 Å². The lowest BCUT2D eigenvalue weighted by atomic mass is 9.89. The molecule has 3 aromatic heterocycles. The van der Waals surface area contributed by atoms with E-state index in [0.29, 0.717) is 86.0 Å². The third kappa shape index (κ3) is 22.7. The summed E-state index contributed by atoms with van der Waals surface area (Å²) in [6.07, 6.45) is 2.79. The molecule has 5 heterocycles. The summed E-state index contributed by atoms with van der Waals surface area (Å²) in [4.78, 5) is 144. The summed E-state index contributed by atoms with van der Waals surface area (Å²) in [7, 11) is 3.09. The van der Waals surface area contributed by atoms with Crippen LogP contribution in [0.25, 0.3) is 21.7 Å². The number of carbonyl (C=O) groups excluding carboxylic acids is 10. The zero-order chi connectivity index (χ0) is 74.0. The van der Waals surface area contributed by atoms with E-state index in [1.54, 1.807) is 68.3 Å². The number of rotatable bonds is 41. The van der Waals surface area contributed by atoms with Crippen molar-refractivity contribution >= 4 is 110 Å². The van der Waals surface area contributed by atoms with E-state index in [2.05, 4.69) is 41.5 Å². The number of aromatic nitrogens is 5. The number of primary amides is 1. The highest BCUT2D eigenvalue weighted by molar-refractivity contribution is 6.20. The van der Waals surface area contributed by atoms with Crippen LogP contribution in [0.4, 0.5) is 36.4 Å². The molecule has 34 heteroatoms. The minimum Gasteiger partial charge on any atom is -0.448 e. The summed E-state index contributed by atoms with van der Waals surface area (Å²) in [6.45, 7) is 7.82. The third-order valence-corrected chi connectivity index (χ3v) is 17.0. The molecule has 8 rings (SSSR count). The van der Waals surface area contributed by atoms with Crippen molar-refractivity contribution in [2.45, 2.75) is 65.1 Å². The lowest BCUT2D eigenvalue weighted by Gasteiger charge is -2.26. The smallest absolute Gasteiger partial charge is 0.415 e. The molecule has 0 unspecified atom stereocenters. The first-order valence-corrected chi connectivity index (χ1v) is 34.0. The van der Waals surface area contributed by atoms with Gasteiger partial charge in [0.25, 0.3) is 23.6 Å². The van der Waals surface area contributed by atoms with E-state index in [0.717, 1.165) is 33.6 Å². The molecule has 0 spiro atoms. The van der Waals surface area contributed by atoms with Crippen molar-refractivity contribution in [3.63, 3.8) is 0 Å².